The number of morpholine rings is 1. The van der Waals surface area contributed by atoms with Crippen molar-refractivity contribution in [2.75, 3.05) is 127 Å². The van der Waals surface area contributed by atoms with E-state index in [0.717, 1.165) is 73.3 Å². The molecule has 3 aliphatic heterocycles. The number of nitrogens with one attached hydrogen (secondary N) is 5. The highest BCUT2D eigenvalue weighted by atomic mass is 16.5. The molecule has 2 amide bonds. The molecular weight excluding hydrogens is 967 g/mol. The Balaban J connectivity index is 0.838. The molecule has 18 heteroatoms. The molecule has 1 unspecified atom stereocenters. The van der Waals surface area contributed by atoms with Crippen LogP contribution in [0.25, 0.3) is 22.5 Å². The van der Waals surface area contributed by atoms with Crippen molar-refractivity contribution >= 4 is 75.0 Å². The summed E-state index contributed by atoms with van der Waals surface area (Å²) in [6, 6.07) is 44.7. The van der Waals surface area contributed by atoms with E-state index in [1.165, 1.54) is 6.08 Å². The van der Waals surface area contributed by atoms with Gasteiger partial charge in [-0.1, -0.05) is 49.6 Å². The van der Waals surface area contributed by atoms with E-state index in [1.54, 1.807) is 24.3 Å². The summed E-state index contributed by atoms with van der Waals surface area (Å²) in [6.45, 7) is 16.8. The van der Waals surface area contributed by atoms with Gasteiger partial charge >= 0.3 is 0 Å². The lowest BCUT2D eigenvalue weighted by atomic mass is 10.0. The highest BCUT2D eigenvalue weighted by Crippen LogP contribution is 2.32. The maximum absolute atomic E-state index is 14.2. The molecule has 18 nitrogen and oxygen atoms in total. The van der Waals surface area contributed by atoms with E-state index in [-0.39, 0.29) is 29.5 Å². The van der Waals surface area contributed by atoms with Gasteiger partial charge in [-0.15, -0.1) is 0 Å². The first kappa shape index (κ1) is 51.3. The molecule has 0 aliphatic carbocycles. The number of aromatic nitrogens is 4. The van der Waals surface area contributed by atoms with Crippen LogP contribution < -0.4 is 41.3 Å². The SMILES string of the molecule is C=CC(=O)Nc1cccc(-c2cc(C#N)nc(Nc3cccc(N4CCN(C)C(C(=C)C(=O)Nc5cccc(-c6cc(Nc7ccc(N8CCOCC8)cc7)nc(Nc7cccc(N8CCN(C)CC8)c7)n6)c5)C4)c3)n2)c1. The average molecular weight is 1030 g/mol. The number of likely N-dealkylation sites (N-methyl/N-ethyl adjacent to an activating group) is 2. The van der Waals surface area contributed by atoms with Crippen LogP contribution in [0.1, 0.15) is 5.69 Å². The molecule has 5 heterocycles. The molecule has 0 bridgehead atoms. The molecule has 3 saturated heterocycles. The minimum absolute atomic E-state index is 0.179. The second kappa shape index (κ2) is 23.6. The van der Waals surface area contributed by atoms with Gasteiger partial charge in [-0.25, -0.2) is 15.0 Å². The zero-order chi connectivity index (χ0) is 53.3. The molecule has 2 aromatic heterocycles. The minimum atomic E-state index is -0.335. The molecule has 5 N–H and O–H groups in total. The predicted molar refractivity (Wildman–Crippen MR) is 307 cm³/mol. The fourth-order valence-electron chi connectivity index (χ4n) is 9.58. The van der Waals surface area contributed by atoms with E-state index in [4.69, 9.17) is 19.7 Å². The van der Waals surface area contributed by atoms with Crippen molar-refractivity contribution in [1.29, 1.82) is 5.26 Å². The highest BCUT2D eigenvalue weighted by molar-refractivity contribution is 6.04. The predicted octanol–water partition coefficient (Wildman–Crippen LogP) is 8.73. The van der Waals surface area contributed by atoms with E-state index in [1.807, 2.05) is 73.8 Å². The van der Waals surface area contributed by atoms with Gasteiger partial charge in [-0.2, -0.15) is 10.2 Å². The fraction of sp³-hybridized carbons (Fsp3) is 0.237. The molecule has 3 aliphatic rings. The van der Waals surface area contributed by atoms with Gasteiger partial charge in [0, 0.05) is 133 Å². The molecule has 7 aromatic rings. The summed E-state index contributed by atoms with van der Waals surface area (Å²) in [5.41, 5.74) is 10.1. The molecule has 0 spiro atoms. The Bertz CT molecular complexity index is 3330. The van der Waals surface area contributed by atoms with Crippen molar-refractivity contribution in [2.45, 2.75) is 6.04 Å². The number of ether oxygens (including phenoxy) is 1. The van der Waals surface area contributed by atoms with Gasteiger partial charge in [0.2, 0.25) is 17.8 Å². The lowest BCUT2D eigenvalue weighted by Crippen LogP contribution is -2.53. The van der Waals surface area contributed by atoms with Crippen LogP contribution in [0, 0.1) is 11.3 Å². The molecule has 3 fully saturated rings. The van der Waals surface area contributed by atoms with Crippen molar-refractivity contribution in [3.63, 3.8) is 0 Å². The third-order valence-corrected chi connectivity index (χ3v) is 13.9. The van der Waals surface area contributed by atoms with E-state index in [9.17, 15) is 14.9 Å². The molecule has 5 aromatic carbocycles. The second-order valence-electron chi connectivity index (χ2n) is 19.2. The lowest BCUT2D eigenvalue weighted by molar-refractivity contribution is -0.113. The van der Waals surface area contributed by atoms with Crippen LogP contribution in [0.4, 0.5) is 63.2 Å². The van der Waals surface area contributed by atoms with Crippen LogP contribution in [0.3, 0.4) is 0 Å². The fourth-order valence-corrected chi connectivity index (χ4v) is 9.58. The normalized spacial score (nSPS) is 16.0. The molecular formula is C59H61N15O3. The van der Waals surface area contributed by atoms with Crippen molar-refractivity contribution in [1.82, 2.24) is 29.7 Å². The van der Waals surface area contributed by atoms with Crippen LogP contribution in [-0.2, 0) is 14.3 Å². The first-order valence-corrected chi connectivity index (χ1v) is 25.7. The van der Waals surface area contributed by atoms with Gasteiger partial charge in [0.05, 0.1) is 30.6 Å². The topological polar surface area (TPSA) is 195 Å². The van der Waals surface area contributed by atoms with Gasteiger partial charge in [-0.05, 0) is 105 Å². The summed E-state index contributed by atoms with van der Waals surface area (Å²) in [6.07, 6.45) is 1.20. The number of anilines is 11. The van der Waals surface area contributed by atoms with Crippen LogP contribution >= 0.6 is 0 Å². The second-order valence-corrected chi connectivity index (χ2v) is 19.2. The molecule has 390 valence electrons. The summed E-state index contributed by atoms with van der Waals surface area (Å²) in [7, 11) is 4.16. The number of amides is 2. The Morgan fingerprint density at radius 3 is 1.82 bits per heavy atom. The van der Waals surface area contributed by atoms with E-state index >= 15 is 0 Å². The number of rotatable bonds is 16. The monoisotopic (exact) mass is 1030 g/mol. The Morgan fingerprint density at radius 1 is 0.597 bits per heavy atom. The van der Waals surface area contributed by atoms with Crippen molar-refractivity contribution in [3.8, 4) is 28.6 Å². The summed E-state index contributed by atoms with van der Waals surface area (Å²) in [5, 5.41) is 26.1. The number of carbonyl (C=O) groups is 2. The zero-order valence-corrected chi connectivity index (χ0v) is 43.2. The number of nitriles is 1. The van der Waals surface area contributed by atoms with Gasteiger partial charge in [0.15, 0.2) is 0 Å². The zero-order valence-electron chi connectivity index (χ0n) is 43.2. The third-order valence-electron chi connectivity index (χ3n) is 13.9. The molecule has 0 saturated carbocycles. The largest absolute Gasteiger partial charge is 0.378 e. The van der Waals surface area contributed by atoms with Gasteiger partial charge < -0.3 is 50.9 Å². The number of piperazine rings is 2. The standard InChI is InChI=1S/C59H61N15O3/c1-5-56(75)62-44-12-6-10-41(32-44)52-36-48(38-60)66-58(67-52)64-47-15-9-17-51(35-47)74-27-24-71(4)54(39-74)40(2)57(76)63-45-13-7-11-42(33-45)53-37-55(61-43-18-20-49(21-19-43)73-28-30-77-31-29-73)69-59(68-53)65-46-14-8-16-50(34-46)72-25-22-70(3)23-26-72/h5-21,32-37,54H,1-2,22-31,39H2,3-4H3,(H,62,75)(H,63,76)(H,64,66,67)(H2,61,65,68,69). The van der Waals surface area contributed by atoms with Crippen LogP contribution in [-0.4, -0.2) is 134 Å². The summed E-state index contributed by atoms with van der Waals surface area (Å²) >= 11 is 0. The van der Waals surface area contributed by atoms with Gasteiger partial charge in [0.1, 0.15) is 17.6 Å². The lowest BCUT2D eigenvalue weighted by Gasteiger charge is -2.41. The first-order chi connectivity index (χ1) is 37.5. The third kappa shape index (κ3) is 12.9. The Labute approximate surface area is 448 Å². The summed E-state index contributed by atoms with van der Waals surface area (Å²) in [4.78, 5) is 56.7. The maximum Gasteiger partial charge on any atom is 0.252 e. The van der Waals surface area contributed by atoms with Crippen molar-refractivity contribution < 1.29 is 14.3 Å². The number of nitrogens with zero attached hydrogens (tertiary/aromatic N) is 10. The molecule has 0 radical (unpaired) electrons. The average Bonchev–Trinajstić information content (AvgIpc) is 3.47. The number of hydrogen-bond donors (Lipinski definition) is 5. The maximum atomic E-state index is 14.2. The van der Waals surface area contributed by atoms with Gasteiger partial charge in [-0.3, -0.25) is 14.5 Å². The van der Waals surface area contributed by atoms with E-state index in [2.05, 4.69) is 125 Å². The minimum Gasteiger partial charge on any atom is -0.378 e. The Kier molecular flexibility index (Phi) is 15.7. The summed E-state index contributed by atoms with van der Waals surface area (Å²) in [5.74, 6) is 0.641. The quantitative estimate of drug-likeness (QED) is 0.0576. The van der Waals surface area contributed by atoms with Crippen LogP contribution in [0.5, 0.6) is 0 Å². The smallest absolute Gasteiger partial charge is 0.252 e. The number of carbonyl (C=O) groups excluding carboxylic acids is 2. The Morgan fingerprint density at radius 2 is 1.17 bits per heavy atom. The highest BCUT2D eigenvalue weighted by Gasteiger charge is 2.30. The molecule has 10 rings (SSSR count). The van der Waals surface area contributed by atoms with E-state index in [0.29, 0.717) is 84.2 Å². The van der Waals surface area contributed by atoms with Gasteiger partial charge in [0.25, 0.3) is 5.91 Å². The summed E-state index contributed by atoms with van der Waals surface area (Å²) < 4.78 is 5.57. The Hall–Kier alpha value is -9.15. The van der Waals surface area contributed by atoms with Crippen molar-refractivity contribution in [2.24, 2.45) is 0 Å². The van der Waals surface area contributed by atoms with E-state index < -0.39 is 0 Å². The molecule has 77 heavy (non-hydrogen) atoms. The molecule has 1 atom stereocenters. The number of benzene rings is 5. The number of hydrogen-bond acceptors (Lipinski definition) is 16. The van der Waals surface area contributed by atoms with Crippen LogP contribution in [0.2, 0.25) is 0 Å². The van der Waals surface area contributed by atoms with Crippen LogP contribution in [0.15, 0.2) is 158 Å². The van der Waals surface area contributed by atoms with Crippen molar-refractivity contribution in [3.05, 3.63) is 164 Å². The first-order valence-electron chi connectivity index (χ1n) is 25.7.